The topological polar surface area (TPSA) is 39.3 Å². The van der Waals surface area contributed by atoms with E-state index in [-0.39, 0.29) is 0 Å². The van der Waals surface area contributed by atoms with Crippen molar-refractivity contribution in [3.8, 4) is 0 Å². The Bertz CT molecular complexity index is 548. The summed E-state index contributed by atoms with van der Waals surface area (Å²) in [5, 5.41) is 10.7. The second kappa shape index (κ2) is 5.35. The van der Waals surface area contributed by atoms with Gasteiger partial charge in [-0.15, -0.1) is 0 Å². The third-order valence-corrected chi connectivity index (χ3v) is 4.62. The highest BCUT2D eigenvalue weighted by molar-refractivity contribution is 5.83. The minimum absolute atomic E-state index is 0.324. The maximum Gasteiger partial charge on any atom is 0.0474 e. The van der Waals surface area contributed by atoms with Crippen molar-refractivity contribution in [2.24, 2.45) is 5.92 Å². The molecule has 1 saturated heterocycles. The molecule has 1 aromatic carbocycles. The van der Waals surface area contributed by atoms with Crippen LogP contribution in [0.25, 0.3) is 10.9 Å². The lowest BCUT2D eigenvalue weighted by Gasteiger charge is -2.23. The average Bonchev–Trinajstić information content (AvgIpc) is 3.00. The first-order valence-corrected chi connectivity index (χ1v) is 7.19. The summed E-state index contributed by atoms with van der Waals surface area (Å²) in [7, 11) is 0. The van der Waals surface area contributed by atoms with Crippen molar-refractivity contribution >= 4 is 10.9 Å². The molecule has 19 heavy (non-hydrogen) atoms. The molecular weight excluding hydrogens is 236 g/mol. The molecule has 1 aromatic heterocycles. The lowest BCUT2D eigenvalue weighted by Crippen LogP contribution is -2.32. The number of para-hydroxylation sites is 1. The van der Waals surface area contributed by atoms with Crippen molar-refractivity contribution < 1.29 is 5.11 Å². The third-order valence-electron chi connectivity index (χ3n) is 4.62. The van der Waals surface area contributed by atoms with Crippen LogP contribution in [0, 0.1) is 5.92 Å². The number of nitrogens with zero attached hydrogens (tertiary/aromatic N) is 1. The molecule has 0 bridgehead atoms. The van der Waals surface area contributed by atoms with Crippen LogP contribution in [0.2, 0.25) is 0 Å². The Hall–Kier alpha value is -1.32. The van der Waals surface area contributed by atoms with Gasteiger partial charge in [0, 0.05) is 36.3 Å². The molecule has 1 aliphatic heterocycles. The Morgan fingerprint density at radius 2 is 2.21 bits per heavy atom. The van der Waals surface area contributed by atoms with Crippen molar-refractivity contribution in [2.75, 3.05) is 19.7 Å². The van der Waals surface area contributed by atoms with Gasteiger partial charge in [0.05, 0.1) is 0 Å². The fourth-order valence-corrected chi connectivity index (χ4v) is 3.24. The van der Waals surface area contributed by atoms with Crippen molar-refractivity contribution in [2.45, 2.75) is 25.8 Å². The van der Waals surface area contributed by atoms with Gasteiger partial charge < -0.3 is 10.1 Å². The van der Waals surface area contributed by atoms with Crippen molar-refractivity contribution in [3.63, 3.8) is 0 Å². The number of hydrogen-bond acceptors (Lipinski definition) is 2. The van der Waals surface area contributed by atoms with Crippen molar-refractivity contribution in [3.05, 3.63) is 36.0 Å². The molecule has 2 unspecified atom stereocenters. The number of H-pyrrole nitrogens is 1. The molecule has 2 atom stereocenters. The van der Waals surface area contributed by atoms with E-state index in [1.165, 1.54) is 16.5 Å². The molecule has 2 aromatic rings. The van der Waals surface area contributed by atoms with Crippen LogP contribution in [0.3, 0.4) is 0 Å². The molecule has 0 amide bonds. The molecule has 3 nitrogen and oxygen atoms in total. The van der Waals surface area contributed by atoms with E-state index in [0.717, 1.165) is 25.9 Å². The Kier molecular flexibility index (Phi) is 3.58. The summed E-state index contributed by atoms with van der Waals surface area (Å²) in [4.78, 5) is 5.84. The zero-order chi connectivity index (χ0) is 13.2. The summed E-state index contributed by atoms with van der Waals surface area (Å²) in [6.45, 7) is 4.77. The van der Waals surface area contributed by atoms with E-state index in [1.54, 1.807) is 0 Å². The number of likely N-dealkylation sites (tertiary alicyclic amines) is 1. The molecule has 0 aliphatic carbocycles. The molecule has 3 rings (SSSR count). The van der Waals surface area contributed by atoms with Gasteiger partial charge in [-0.05, 0) is 43.9 Å². The van der Waals surface area contributed by atoms with E-state index >= 15 is 0 Å². The molecule has 102 valence electrons. The quantitative estimate of drug-likeness (QED) is 0.884. The van der Waals surface area contributed by atoms with Gasteiger partial charge >= 0.3 is 0 Å². The zero-order valence-corrected chi connectivity index (χ0v) is 11.5. The van der Waals surface area contributed by atoms with E-state index in [0.29, 0.717) is 18.6 Å². The first-order chi connectivity index (χ1) is 9.29. The fourth-order valence-electron chi connectivity index (χ4n) is 3.24. The molecule has 0 saturated carbocycles. The van der Waals surface area contributed by atoms with Crippen LogP contribution >= 0.6 is 0 Å². The van der Waals surface area contributed by atoms with Crippen LogP contribution in [-0.4, -0.2) is 40.7 Å². The number of nitrogens with one attached hydrogen (secondary N) is 1. The Morgan fingerprint density at radius 3 is 3.00 bits per heavy atom. The summed E-state index contributed by atoms with van der Waals surface area (Å²) in [5.41, 5.74) is 2.62. The molecule has 3 heteroatoms. The van der Waals surface area contributed by atoms with E-state index in [2.05, 4.69) is 47.3 Å². The third kappa shape index (κ3) is 2.40. The van der Waals surface area contributed by atoms with Crippen LogP contribution < -0.4 is 0 Å². The van der Waals surface area contributed by atoms with Gasteiger partial charge in [0.2, 0.25) is 0 Å². The van der Waals surface area contributed by atoms with Crippen LogP contribution in [0.4, 0.5) is 0 Å². The number of aliphatic hydroxyl groups is 1. The van der Waals surface area contributed by atoms with Gasteiger partial charge in [0.15, 0.2) is 0 Å². The second-order valence-electron chi connectivity index (χ2n) is 5.62. The smallest absolute Gasteiger partial charge is 0.0474 e. The van der Waals surface area contributed by atoms with Gasteiger partial charge in [-0.2, -0.15) is 0 Å². The predicted octanol–water partition coefficient (Wildman–Crippen LogP) is 2.41. The summed E-state index contributed by atoms with van der Waals surface area (Å²) < 4.78 is 0. The number of aromatic amines is 1. The van der Waals surface area contributed by atoms with Crippen LogP contribution in [0.1, 0.15) is 18.9 Å². The minimum Gasteiger partial charge on any atom is -0.396 e. The number of aromatic nitrogens is 1. The molecule has 0 radical (unpaired) electrons. The summed E-state index contributed by atoms with van der Waals surface area (Å²) in [6.07, 6.45) is 4.34. The van der Waals surface area contributed by atoms with E-state index < -0.39 is 0 Å². The number of aliphatic hydroxyl groups excluding tert-OH is 1. The Labute approximate surface area is 114 Å². The van der Waals surface area contributed by atoms with Crippen molar-refractivity contribution in [1.82, 2.24) is 9.88 Å². The van der Waals surface area contributed by atoms with Crippen LogP contribution in [-0.2, 0) is 6.42 Å². The van der Waals surface area contributed by atoms with Crippen molar-refractivity contribution in [1.29, 1.82) is 0 Å². The largest absolute Gasteiger partial charge is 0.396 e. The number of rotatable bonds is 4. The van der Waals surface area contributed by atoms with Crippen LogP contribution in [0.5, 0.6) is 0 Å². The predicted molar refractivity (Wildman–Crippen MR) is 78.2 cm³/mol. The van der Waals surface area contributed by atoms with Crippen LogP contribution in [0.15, 0.2) is 30.5 Å². The summed E-state index contributed by atoms with van der Waals surface area (Å²) in [5.74, 6) is 0.461. The Balaban J connectivity index is 1.67. The van der Waals surface area contributed by atoms with E-state index in [4.69, 9.17) is 0 Å². The lowest BCUT2D eigenvalue weighted by atomic mass is 10.0. The zero-order valence-electron chi connectivity index (χ0n) is 11.5. The maximum atomic E-state index is 9.32. The fraction of sp³-hybridized carbons (Fsp3) is 0.500. The highest BCUT2D eigenvalue weighted by atomic mass is 16.3. The number of hydrogen-bond donors (Lipinski definition) is 2. The highest BCUT2D eigenvalue weighted by Crippen LogP contribution is 2.25. The molecule has 1 fully saturated rings. The summed E-state index contributed by atoms with van der Waals surface area (Å²) >= 11 is 0. The van der Waals surface area contributed by atoms with Gasteiger partial charge in [0.1, 0.15) is 0 Å². The standard InChI is InChI=1S/C16H22N2O/c1-12-14(11-19)7-9-18(12)8-6-13-10-17-16-5-3-2-4-15(13)16/h2-5,10,12,14,17,19H,6-9,11H2,1H3. The first-order valence-electron chi connectivity index (χ1n) is 7.19. The number of benzene rings is 1. The van der Waals surface area contributed by atoms with E-state index in [9.17, 15) is 5.11 Å². The second-order valence-corrected chi connectivity index (χ2v) is 5.62. The van der Waals surface area contributed by atoms with Gasteiger partial charge in [-0.1, -0.05) is 18.2 Å². The molecule has 2 N–H and O–H groups in total. The molecule has 1 aliphatic rings. The lowest BCUT2D eigenvalue weighted by molar-refractivity contribution is 0.177. The average molecular weight is 258 g/mol. The highest BCUT2D eigenvalue weighted by Gasteiger charge is 2.29. The molecule has 2 heterocycles. The maximum absolute atomic E-state index is 9.32. The number of fused-ring (bicyclic) bond motifs is 1. The minimum atomic E-state index is 0.324. The van der Waals surface area contributed by atoms with Gasteiger partial charge in [0.25, 0.3) is 0 Å². The SMILES string of the molecule is CC1C(CO)CCN1CCc1c[nH]c2ccccc12. The monoisotopic (exact) mass is 258 g/mol. The van der Waals surface area contributed by atoms with E-state index in [1.807, 2.05) is 0 Å². The van der Waals surface area contributed by atoms with Gasteiger partial charge in [-0.25, -0.2) is 0 Å². The first kappa shape index (κ1) is 12.7. The molecular formula is C16H22N2O. The molecule has 0 spiro atoms. The van der Waals surface area contributed by atoms with Gasteiger partial charge in [-0.3, -0.25) is 4.90 Å². The Morgan fingerprint density at radius 1 is 1.37 bits per heavy atom. The summed E-state index contributed by atoms with van der Waals surface area (Å²) in [6, 6.07) is 8.98. The normalized spacial score (nSPS) is 24.3.